The van der Waals surface area contributed by atoms with Crippen LogP contribution in [0.2, 0.25) is 0 Å². The van der Waals surface area contributed by atoms with Gasteiger partial charge in [0.15, 0.2) is 0 Å². The number of nitrogens with zero attached hydrogens (tertiary/aromatic N) is 2. The Labute approximate surface area is 213 Å². The van der Waals surface area contributed by atoms with Crippen molar-refractivity contribution in [1.29, 1.82) is 0 Å². The molecule has 0 saturated carbocycles. The first-order chi connectivity index (χ1) is 16.8. The fraction of sp³-hybridized carbons (Fsp3) is 0.480. The normalized spacial score (nSPS) is 23.5. The summed E-state index contributed by atoms with van der Waals surface area (Å²) in [5.41, 5.74) is -2.00. The molecule has 1 heterocycles. The van der Waals surface area contributed by atoms with Crippen molar-refractivity contribution < 1.29 is 31.5 Å². The van der Waals surface area contributed by atoms with E-state index in [1.54, 1.807) is 30.3 Å². The van der Waals surface area contributed by atoms with Gasteiger partial charge in [0.25, 0.3) is 0 Å². The van der Waals surface area contributed by atoms with Gasteiger partial charge in [-0.15, -0.1) is 0 Å². The molecule has 0 spiro atoms. The zero-order chi connectivity index (χ0) is 26.3. The van der Waals surface area contributed by atoms with Gasteiger partial charge in [-0.2, -0.15) is 17.5 Å². The smallest absolute Gasteiger partial charge is 0.446 e. The van der Waals surface area contributed by atoms with Crippen LogP contribution in [0.1, 0.15) is 30.5 Å². The van der Waals surface area contributed by atoms with Gasteiger partial charge >= 0.3 is 11.5 Å². The molecule has 0 bridgehead atoms. The Balaban J connectivity index is 1.42. The van der Waals surface area contributed by atoms with Gasteiger partial charge in [0.05, 0.1) is 10.8 Å². The number of alkyl halides is 3. The Kier molecular flexibility index (Phi) is 7.76. The number of aliphatic carboxylic acids is 1. The van der Waals surface area contributed by atoms with Gasteiger partial charge in [-0.05, 0) is 79.8 Å². The standard InChI is InChI=1S/C25H29F3N2O4S2/c1-16-14-29(11-10-18-6-8-21(9-7-18)35-25(26,27)28)15-17(2)30(16)36(33,34)23-5-3-4-19-12-20(24(31)32)13-22(19)23/h3-9,16-17,20H,10-15H2,1-2H3,(H,31,32). The lowest BCUT2D eigenvalue weighted by Crippen LogP contribution is -2.58. The fourth-order valence-corrected chi connectivity index (χ4v) is 7.99. The van der Waals surface area contributed by atoms with Crippen LogP contribution < -0.4 is 0 Å². The number of rotatable bonds is 7. The maximum Gasteiger partial charge on any atom is 0.446 e. The maximum atomic E-state index is 13.7. The second-order valence-electron chi connectivity index (χ2n) is 9.57. The van der Waals surface area contributed by atoms with Crippen molar-refractivity contribution in [1.82, 2.24) is 9.21 Å². The highest BCUT2D eigenvalue weighted by Crippen LogP contribution is 2.37. The van der Waals surface area contributed by atoms with Crippen LogP contribution in [0.4, 0.5) is 13.2 Å². The molecule has 6 nitrogen and oxygen atoms in total. The van der Waals surface area contributed by atoms with Crippen LogP contribution in [-0.2, 0) is 34.1 Å². The Morgan fingerprint density at radius 2 is 1.69 bits per heavy atom. The average Bonchev–Trinajstić information content (AvgIpc) is 3.22. The molecular formula is C25H29F3N2O4S2. The molecule has 3 atom stereocenters. The lowest BCUT2D eigenvalue weighted by molar-refractivity contribution is -0.141. The minimum absolute atomic E-state index is 0.136. The molecule has 2 aromatic carbocycles. The van der Waals surface area contributed by atoms with Gasteiger partial charge in [-0.1, -0.05) is 24.3 Å². The highest BCUT2D eigenvalue weighted by Gasteiger charge is 2.41. The fourth-order valence-electron chi connectivity index (χ4n) is 5.37. The molecular weight excluding hydrogens is 513 g/mol. The summed E-state index contributed by atoms with van der Waals surface area (Å²) in [6.45, 7) is 5.45. The summed E-state index contributed by atoms with van der Waals surface area (Å²) in [6, 6.07) is 10.8. The molecule has 36 heavy (non-hydrogen) atoms. The first-order valence-electron chi connectivity index (χ1n) is 11.8. The third-order valence-electron chi connectivity index (χ3n) is 6.84. The number of fused-ring (bicyclic) bond motifs is 1. The Morgan fingerprint density at radius 1 is 1.06 bits per heavy atom. The molecule has 2 aromatic rings. The minimum atomic E-state index is -4.31. The van der Waals surface area contributed by atoms with Gasteiger partial charge in [-0.3, -0.25) is 9.69 Å². The lowest BCUT2D eigenvalue weighted by atomic mass is 10.1. The Bertz CT molecular complexity index is 1210. The van der Waals surface area contributed by atoms with Crippen LogP contribution >= 0.6 is 11.8 Å². The number of carboxylic acid groups (broad SMARTS) is 1. The number of piperazine rings is 1. The molecule has 196 valence electrons. The molecule has 0 amide bonds. The Hall–Kier alpha value is -2.08. The number of carboxylic acids is 1. The summed E-state index contributed by atoms with van der Waals surface area (Å²) in [5, 5.41) is 9.42. The predicted octanol–water partition coefficient (Wildman–Crippen LogP) is 4.42. The summed E-state index contributed by atoms with van der Waals surface area (Å²) in [5.74, 6) is -1.53. The van der Waals surface area contributed by atoms with Crippen molar-refractivity contribution in [3.8, 4) is 0 Å². The van der Waals surface area contributed by atoms with Crippen LogP contribution in [-0.4, -0.2) is 65.9 Å². The number of halogens is 3. The van der Waals surface area contributed by atoms with E-state index in [0.717, 1.165) is 11.1 Å². The van der Waals surface area contributed by atoms with Gasteiger partial charge in [0, 0.05) is 36.6 Å². The van der Waals surface area contributed by atoms with Gasteiger partial charge in [0.1, 0.15) is 0 Å². The van der Waals surface area contributed by atoms with Gasteiger partial charge < -0.3 is 5.11 Å². The molecule has 4 rings (SSSR count). The van der Waals surface area contributed by atoms with E-state index in [2.05, 4.69) is 4.90 Å². The lowest BCUT2D eigenvalue weighted by Gasteiger charge is -2.43. The van der Waals surface area contributed by atoms with E-state index in [4.69, 9.17) is 0 Å². The van der Waals surface area contributed by atoms with Crippen LogP contribution in [0, 0.1) is 5.92 Å². The molecule has 3 unspecified atom stereocenters. The van der Waals surface area contributed by atoms with Crippen molar-refractivity contribution in [3.05, 3.63) is 59.2 Å². The first-order valence-corrected chi connectivity index (χ1v) is 14.0. The van der Waals surface area contributed by atoms with Crippen LogP contribution in [0.15, 0.2) is 52.3 Å². The van der Waals surface area contributed by atoms with Crippen molar-refractivity contribution in [2.75, 3.05) is 19.6 Å². The van der Waals surface area contributed by atoms with E-state index >= 15 is 0 Å². The number of benzene rings is 2. The summed E-state index contributed by atoms with van der Waals surface area (Å²) >= 11 is -0.136. The highest BCUT2D eigenvalue weighted by molar-refractivity contribution is 8.00. The van der Waals surface area contributed by atoms with Crippen LogP contribution in [0.3, 0.4) is 0 Å². The number of hydrogen-bond acceptors (Lipinski definition) is 5. The first kappa shape index (κ1) is 27.0. The monoisotopic (exact) mass is 542 g/mol. The number of thioether (sulfide) groups is 1. The molecule has 1 saturated heterocycles. The van der Waals surface area contributed by atoms with Crippen molar-refractivity contribution in [2.24, 2.45) is 5.92 Å². The third kappa shape index (κ3) is 5.90. The number of carbonyl (C=O) groups is 1. The average molecular weight is 543 g/mol. The second-order valence-corrected chi connectivity index (χ2v) is 12.5. The van der Waals surface area contributed by atoms with Crippen LogP contribution in [0.25, 0.3) is 0 Å². The topological polar surface area (TPSA) is 77.9 Å². The van der Waals surface area contributed by atoms with Gasteiger partial charge in [-0.25, -0.2) is 8.42 Å². The number of hydrogen-bond donors (Lipinski definition) is 1. The molecule has 1 fully saturated rings. The molecule has 2 aliphatic rings. The predicted molar refractivity (Wildman–Crippen MR) is 131 cm³/mol. The third-order valence-corrected chi connectivity index (χ3v) is 9.79. The SMILES string of the molecule is CC1CN(CCc2ccc(SC(F)(F)F)cc2)CC(C)N1S(=O)(=O)c1cccc2c1CC(C(=O)O)C2. The van der Waals surface area contributed by atoms with Gasteiger partial charge in [0.2, 0.25) is 10.0 Å². The molecule has 1 aliphatic carbocycles. The number of sulfonamides is 1. The van der Waals surface area contributed by atoms with E-state index in [9.17, 15) is 31.5 Å². The molecule has 1 N–H and O–H groups in total. The maximum absolute atomic E-state index is 13.7. The molecule has 0 aromatic heterocycles. The Morgan fingerprint density at radius 3 is 2.28 bits per heavy atom. The molecule has 0 radical (unpaired) electrons. The summed E-state index contributed by atoms with van der Waals surface area (Å²) in [7, 11) is -3.83. The summed E-state index contributed by atoms with van der Waals surface area (Å²) in [6.07, 6.45) is 1.19. The largest absolute Gasteiger partial charge is 0.481 e. The van der Waals surface area contributed by atoms with Crippen molar-refractivity contribution >= 4 is 27.8 Å². The second kappa shape index (κ2) is 10.4. The minimum Gasteiger partial charge on any atom is -0.481 e. The summed E-state index contributed by atoms with van der Waals surface area (Å²) < 4.78 is 66.6. The summed E-state index contributed by atoms with van der Waals surface area (Å²) in [4.78, 5) is 14.0. The quantitative estimate of drug-likeness (QED) is 0.522. The van der Waals surface area contributed by atoms with Crippen LogP contribution in [0.5, 0.6) is 0 Å². The van der Waals surface area contributed by atoms with E-state index in [1.807, 2.05) is 13.8 Å². The molecule has 1 aliphatic heterocycles. The molecule has 11 heteroatoms. The van der Waals surface area contributed by atoms with Crippen molar-refractivity contribution in [3.63, 3.8) is 0 Å². The van der Waals surface area contributed by atoms with E-state index in [-0.39, 0.29) is 40.1 Å². The highest BCUT2D eigenvalue weighted by atomic mass is 32.2. The van der Waals surface area contributed by atoms with Crippen molar-refractivity contribution in [2.45, 2.75) is 60.5 Å². The van der Waals surface area contributed by atoms with E-state index in [0.29, 0.717) is 38.0 Å². The van der Waals surface area contributed by atoms with E-state index in [1.165, 1.54) is 16.4 Å². The zero-order valence-electron chi connectivity index (χ0n) is 20.0. The van der Waals surface area contributed by atoms with E-state index < -0.39 is 27.4 Å². The zero-order valence-corrected chi connectivity index (χ0v) is 21.7.